The first-order chi connectivity index (χ1) is 15.6. The molecule has 1 fully saturated rings. The van der Waals surface area contributed by atoms with Crippen molar-refractivity contribution in [3.8, 4) is 17.1 Å². The van der Waals surface area contributed by atoms with Crippen LogP contribution < -0.4 is 15.0 Å². The fourth-order valence-corrected chi connectivity index (χ4v) is 4.14. The highest BCUT2D eigenvalue weighted by Gasteiger charge is 2.26. The number of methoxy groups -OCH3 is 1. The van der Waals surface area contributed by atoms with Crippen LogP contribution in [0.15, 0.2) is 60.8 Å². The highest BCUT2D eigenvalue weighted by Crippen LogP contribution is 2.29. The molecule has 1 aliphatic heterocycles. The van der Waals surface area contributed by atoms with E-state index in [9.17, 15) is 4.79 Å². The summed E-state index contributed by atoms with van der Waals surface area (Å²) in [5.41, 5.74) is 2.46. The number of nitrogens with zero attached hydrogens (tertiary/aromatic N) is 3. The lowest BCUT2D eigenvalue weighted by Gasteiger charge is -2.35. The minimum absolute atomic E-state index is 0.114. The highest BCUT2D eigenvalue weighted by molar-refractivity contribution is 5.99. The van der Waals surface area contributed by atoms with Gasteiger partial charge in [0.05, 0.1) is 13.2 Å². The molecule has 0 saturated carbocycles. The molecule has 1 aliphatic rings. The van der Waals surface area contributed by atoms with Crippen molar-refractivity contribution in [2.24, 2.45) is 0 Å². The van der Waals surface area contributed by atoms with Gasteiger partial charge in [-0.3, -0.25) is 4.79 Å². The molecule has 0 spiro atoms. The molecule has 1 aromatic heterocycles. The first-order valence-corrected chi connectivity index (χ1v) is 11.2. The van der Waals surface area contributed by atoms with E-state index in [1.807, 2.05) is 61.5 Å². The zero-order valence-electron chi connectivity index (χ0n) is 18.9. The van der Waals surface area contributed by atoms with Gasteiger partial charge in [0.2, 0.25) is 0 Å². The van der Waals surface area contributed by atoms with Crippen molar-refractivity contribution >= 4 is 11.7 Å². The fraction of sp³-hybridized carbons (Fsp3) is 0.346. The van der Waals surface area contributed by atoms with Crippen molar-refractivity contribution in [3.63, 3.8) is 0 Å². The highest BCUT2D eigenvalue weighted by atomic mass is 16.5. The van der Waals surface area contributed by atoms with E-state index in [-0.39, 0.29) is 11.9 Å². The van der Waals surface area contributed by atoms with Crippen molar-refractivity contribution in [1.29, 1.82) is 0 Å². The first-order valence-electron chi connectivity index (χ1n) is 11.2. The predicted octanol–water partition coefficient (Wildman–Crippen LogP) is 5.02. The largest absolute Gasteiger partial charge is 0.497 e. The third-order valence-corrected chi connectivity index (χ3v) is 6.08. The number of anilines is 1. The van der Waals surface area contributed by atoms with E-state index >= 15 is 0 Å². The van der Waals surface area contributed by atoms with Crippen LogP contribution in [-0.4, -0.2) is 35.6 Å². The summed E-state index contributed by atoms with van der Waals surface area (Å²) in [5, 5.41) is 3.12. The molecule has 166 valence electrons. The van der Waals surface area contributed by atoms with Gasteiger partial charge >= 0.3 is 0 Å². The van der Waals surface area contributed by atoms with Crippen LogP contribution in [0, 0.1) is 0 Å². The number of rotatable bonds is 6. The van der Waals surface area contributed by atoms with Crippen molar-refractivity contribution in [3.05, 3.63) is 71.9 Å². The Bertz CT molecular complexity index is 1050. The Morgan fingerprint density at radius 3 is 2.56 bits per heavy atom. The second kappa shape index (κ2) is 9.81. The maximum absolute atomic E-state index is 13.3. The molecule has 6 heteroatoms. The van der Waals surface area contributed by atoms with E-state index in [2.05, 4.69) is 22.1 Å². The molecule has 1 saturated heterocycles. The topological polar surface area (TPSA) is 67.3 Å². The van der Waals surface area contributed by atoms with Gasteiger partial charge in [0.15, 0.2) is 5.82 Å². The summed E-state index contributed by atoms with van der Waals surface area (Å²) in [4.78, 5) is 25.0. The smallest absolute Gasteiger partial charge is 0.257 e. The van der Waals surface area contributed by atoms with E-state index in [0.717, 1.165) is 36.3 Å². The number of hydrogen-bond donors (Lipinski definition) is 1. The maximum Gasteiger partial charge on any atom is 0.257 e. The van der Waals surface area contributed by atoms with Gasteiger partial charge in [-0.05, 0) is 62.9 Å². The molecule has 1 amide bonds. The molecule has 0 aliphatic carbocycles. The van der Waals surface area contributed by atoms with Crippen molar-refractivity contribution in [2.45, 2.75) is 45.2 Å². The predicted molar refractivity (Wildman–Crippen MR) is 127 cm³/mol. The van der Waals surface area contributed by atoms with Crippen LogP contribution in [0.2, 0.25) is 0 Å². The molecule has 4 rings (SSSR count). The maximum atomic E-state index is 13.3. The first kappa shape index (κ1) is 21.8. The normalized spacial score (nSPS) is 17.0. The molecular weight excluding hydrogens is 400 g/mol. The second-order valence-corrected chi connectivity index (χ2v) is 8.30. The van der Waals surface area contributed by atoms with E-state index < -0.39 is 0 Å². The Hall–Kier alpha value is -3.41. The van der Waals surface area contributed by atoms with Crippen LogP contribution in [0.4, 0.5) is 5.82 Å². The Kier molecular flexibility index (Phi) is 6.69. The molecule has 0 bridgehead atoms. The number of nitrogens with one attached hydrogen (secondary N) is 1. The lowest BCUT2D eigenvalue weighted by molar-refractivity contribution is 0.0939. The summed E-state index contributed by atoms with van der Waals surface area (Å²) in [7, 11) is 1.64. The molecule has 2 aromatic carbocycles. The third-order valence-electron chi connectivity index (χ3n) is 6.08. The molecule has 2 heterocycles. The van der Waals surface area contributed by atoms with Gasteiger partial charge in [0, 0.05) is 24.3 Å². The zero-order valence-corrected chi connectivity index (χ0v) is 18.9. The second-order valence-electron chi connectivity index (χ2n) is 8.30. The summed E-state index contributed by atoms with van der Waals surface area (Å²) in [6, 6.07) is 17.8. The van der Waals surface area contributed by atoms with Crippen LogP contribution in [-0.2, 0) is 0 Å². The molecule has 3 aromatic rings. The van der Waals surface area contributed by atoms with Gasteiger partial charge in [-0.25, -0.2) is 9.97 Å². The fourth-order valence-electron chi connectivity index (χ4n) is 4.14. The van der Waals surface area contributed by atoms with Gasteiger partial charge < -0.3 is 15.0 Å². The Morgan fingerprint density at radius 1 is 1.12 bits per heavy atom. The molecule has 6 nitrogen and oxygen atoms in total. The number of hydrogen-bond acceptors (Lipinski definition) is 5. The minimum atomic E-state index is -0.157. The quantitative estimate of drug-likeness (QED) is 0.595. The minimum Gasteiger partial charge on any atom is -0.497 e. The Labute approximate surface area is 189 Å². The Balaban J connectivity index is 1.67. The zero-order chi connectivity index (χ0) is 22.5. The summed E-state index contributed by atoms with van der Waals surface area (Å²) < 4.78 is 5.26. The summed E-state index contributed by atoms with van der Waals surface area (Å²) in [6.45, 7) is 5.07. The average Bonchev–Trinajstić information content (AvgIpc) is 2.84. The van der Waals surface area contributed by atoms with E-state index in [1.165, 1.54) is 6.42 Å². The SMILES string of the molecule is COc1ccc(-c2ncc(C(=O)N[C@@H](C)c3ccccc3)c(N3CCCC[C@H]3C)n2)cc1. The molecule has 32 heavy (non-hydrogen) atoms. The average molecular weight is 431 g/mol. The van der Waals surface area contributed by atoms with E-state index in [1.54, 1.807) is 13.3 Å². The number of carbonyl (C=O) groups is 1. The van der Waals surface area contributed by atoms with E-state index in [0.29, 0.717) is 23.2 Å². The van der Waals surface area contributed by atoms with Gasteiger partial charge in [0.25, 0.3) is 5.91 Å². The number of benzene rings is 2. The summed E-state index contributed by atoms with van der Waals surface area (Å²) in [5.74, 6) is 1.93. The molecule has 1 N–H and O–H groups in total. The monoisotopic (exact) mass is 430 g/mol. The number of carbonyl (C=O) groups excluding carboxylic acids is 1. The Morgan fingerprint density at radius 2 is 1.88 bits per heavy atom. The number of amides is 1. The van der Waals surface area contributed by atoms with Crippen molar-refractivity contribution < 1.29 is 9.53 Å². The van der Waals surface area contributed by atoms with Gasteiger partial charge in [0.1, 0.15) is 17.1 Å². The number of aromatic nitrogens is 2. The van der Waals surface area contributed by atoms with Crippen molar-refractivity contribution in [1.82, 2.24) is 15.3 Å². The lowest BCUT2D eigenvalue weighted by atomic mass is 10.0. The van der Waals surface area contributed by atoms with Crippen LogP contribution in [0.5, 0.6) is 5.75 Å². The summed E-state index contributed by atoms with van der Waals surface area (Å²) >= 11 is 0. The standard InChI is InChI=1S/C26H30N4O2/c1-18-9-7-8-16-30(18)25-23(26(31)28-19(2)20-10-5-4-6-11-20)17-27-24(29-25)21-12-14-22(32-3)15-13-21/h4-6,10-15,17-19H,7-9,16H2,1-3H3,(H,28,31)/t18-,19+/m1/s1. The van der Waals surface area contributed by atoms with Gasteiger partial charge in [-0.1, -0.05) is 30.3 Å². The molecule has 0 unspecified atom stereocenters. The molecule has 0 radical (unpaired) electrons. The van der Waals surface area contributed by atoms with Crippen LogP contribution in [0.3, 0.4) is 0 Å². The van der Waals surface area contributed by atoms with Gasteiger partial charge in [-0.15, -0.1) is 0 Å². The van der Waals surface area contributed by atoms with Crippen LogP contribution in [0.25, 0.3) is 11.4 Å². The molecular formula is C26H30N4O2. The van der Waals surface area contributed by atoms with Crippen LogP contribution >= 0.6 is 0 Å². The van der Waals surface area contributed by atoms with Crippen LogP contribution in [0.1, 0.15) is 55.1 Å². The number of piperidine rings is 1. The van der Waals surface area contributed by atoms with Gasteiger partial charge in [-0.2, -0.15) is 0 Å². The lowest BCUT2D eigenvalue weighted by Crippen LogP contribution is -2.40. The third kappa shape index (κ3) is 4.74. The van der Waals surface area contributed by atoms with Crippen molar-refractivity contribution in [2.75, 3.05) is 18.6 Å². The number of ether oxygens (including phenoxy) is 1. The van der Waals surface area contributed by atoms with E-state index in [4.69, 9.17) is 9.72 Å². The summed E-state index contributed by atoms with van der Waals surface area (Å²) in [6.07, 6.45) is 5.04. The molecule has 2 atom stereocenters.